The second-order valence-electron chi connectivity index (χ2n) is 4.65. The molecular formula is C14H14Cl2F2N2O2S. The molecule has 126 valence electrons. The predicted octanol–water partition coefficient (Wildman–Crippen LogP) is 4.26. The topological polar surface area (TPSA) is 50.1 Å². The summed E-state index contributed by atoms with van der Waals surface area (Å²) in [5, 5.41) is 4.57. The summed E-state index contributed by atoms with van der Waals surface area (Å²) in [4.78, 5) is 0. The number of hydrogen-bond acceptors (Lipinski definition) is 3. The third kappa shape index (κ3) is 4.29. The van der Waals surface area contributed by atoms with Crippen molar-refractivity contribution in [3.05, 3.63) is 33.8 Å². The van der Waals surface area contributed by atoms with E-state index < -0.39 is 17.8 Å². The standard InChI is InChI=1S/C14H14Cl2F2N2O2S/c1-3-23(21)7-9-6-8(4-5-10(9)15)12-11(16)13(20(2)19-12)22-14(17)18/h4-6,14H,3,7H2,1-2H3. The van der Waals surface area contributed by atoms with E-state index in [-0.39, 0.29) is 10.9 Å². The van der Waals surface area contributed by atoms with Gasteiger partial charge in [-0.2, -0.15) is 13.9 Å². The van der Waals surface area contributed by atoms with Gasteiger partial charge in [0, 0.05) is 23.2 Å². The van der Waals surface area contributed by atoms with E-state index in [1.165, 1.54) is 7.05 Å². The van der Waals surface area contributed by atoms with Crippen LogP contribution in [0.25, 0.3) is 11.3 Å². The fourth-order valence-electron chi connectivity index (χ4n) is 1.99. The minimum atomic E-state index is -3.00. The summed E-state index contributed by atoms with van der Waals surface area (Å²) in [6, 6.07) is 5.01. The smallest absolute Gasteiger partial charge is 0.388 e. The summed E-state index contributed by atoms with van der Waals surface area (Å²) in [6.07, 6.45) is 0. The number of alkyl halides is 2. The van der Waals surface area contributed by atoms with Crippen molar-refractivity contribution in [1.29, 1.82) is 0 Å². The number of aromatic nitrogens is 2. The summed E-state index contributed by atoms with van der Waals surface area (Å²) < 4.78 is 42.1. The fraction of sp³-hybridized carbons (Fsp3) is 0.357. The zero-order valence-corrected chi connectivity index (χ0v) is 14.7. The van der Waals surface area contributed by atoms with Gasteiger partial charge in [0.05, 0.1) is 0 Å². The first-order valence-electron chi connectivity index (χ1n) is 6.64. The Kier molecular flexibility index (Phi) is 6.13. The SMILES string of the molecule is CC[S+]([O-])Cc1cc(-c2nn(C)c(OC(F)F)c2Cl)ccc1Cl. The third-order valence-corrected chi connectivity index (χ3v) is 5.08. The average Bonchev–Trinajstić information content (AvgIpc) is 2.77. The Balaban J connectivity index is 2.41. The van der Waals surface area contributed by atoms with Gasteiger partial charge in [0.2, 0.25) is 5.88 Å². The van der Waals surface area contributed by atoms with Gasteiger partial charge < -0.3 is 9.29 Å². The number of rotatable bonds is 6. The summed E-state index contributed by atoms with van der Waals surface area (Å²) >= 11 is 11.2. The monoisotopic (exact) mass is 382 g/mol. The summed E-state index contributed by atoms with van der Waals surface area (Å²) in [6.45, 7) is -1.18. The van der Waals surface area contributed by atoms with E-state index in [1.54, 1.807) is 18.2 Å². The molecule has 2 rings (SSSR count). The normalized spacial score (nSPS) is 12.7. The highest BCUT2D eigenvalue weighted by molar-refractivity contribution is 7.90. The second kappa shape index (κ2) is 7.70. The Bertz CT molecular complexity index is 698. The maximum atomic E-state index is 12.4. The molecule has 0 aliphatic rings. The molecule has 0 spiro atoms. The van der Waals surface area contributed by atoms with Crippen LogP contribution in [-0.4, -0.2) is 26.7 Å². The van der Waals surface area contributed by atoms with Crippen LogP contribution in [0.15, 0.2) is 18.2 Å². The van der Waals surface area contributed by atoms with E-state index in [0.29, 0.717) is 33.3 Å². The van der Waals surface area contributed by atoms with Gasteiger partial charge in [-0.25, -0.2) is 4.68 Å². The number of nitrogens with zero attached hydrogens (tertiary/aromatic N) is 2. The lowest BCUT2D eigenvalue weighted by molar-refractivity contribution is -0.0552. The lowest BCUT2D eigenvalue weighted by atomic mass is 10.1. The molecule has 1 heterocycles. The highest BCUT2D eigenvalue weighted by Crippen LogP contribution is 2.36. The number of ether oxygens (including phenoxy) is 1. The van der Waals surface area contributed by atoms with Gasteiger partial charge in [0.25, 0.3) is 0 Å². The Morgan fingerprint density at radius 3 is 2.70 bits per heavy atom. The van der Waals surface area contributed by atoms with Crippen LogP contribution in [0, 0.1) is 0 Å². The van der Waals surface area contributed by atoms with Crippen molar-refractivity contribution in [2.45, 2.75) is 19.3 Å². The van der Waals surface area contributed by atoms with Crippen molar-refractivity contribution in [1.82, 2.24) is 9.78 Å². The number of benzene rings is 1. The van der Waals surface area contributed by atoms with Gasteiger partial charge in [-0.15, -0.1) is 0 Å². The largest absolute Gasteiger partial charge is 0.616 e. The maximum absolute atomic E-state index is 12.4. The molecule has 2 aromatic rings. The molecule has 0 aliphatic carbocycles. The van der Waals surface area contributed by atoms with Gasteiger partial charge in [-0.3, -0.25) is 0 Å². The lowest BCUT2D eigenvalue weighted by Crippen LogP contribution is -2.07. The number of hydrogen-bond donors (Lipinski definition) is 0. The Hall–Kier alpha value is -1.02. The van der Waals surface area contributed by atoms with Gasteiger partial charge in [-0.05, 0) is 30.2 Å². The number of halogens is 4. The molecule has 9 heteroatoms. The first-order chi connectivity index (χ1) is 10.8. The van der Waals surface area contributed by atoms with Crippen LogP contribution >= 0.6 is 23.2 Å². The van der Waals surface area contributed by atoms with Crippen molar-refractivity contribution in [3.8, 4) is 17.1 Å². The maximum Gasteiger partial charge on any atom is 0.388 e. The van der Waals surface area contributed by atoms with Crippen molar-refractivity contribution in [3.63, 3.8) is 0 Å². The van der Waals surface area contributed by atoms with E-state index in [1.807, 2.05) is 6.92 Å². The zero-order chi connectivity index (χ0) is 17.1. The van der Waals surface area contributed by atoms with Crippen molar-refractivity contribution in [2.75, 3.05) is 5.75 Å². The van der Waals surface area contributed by atoms with Crippen LogP contribution < -0.4 is 4.74 Å². The van der Waals surface area contributed by atoms with Crippen molar-refractivity contribution in [2.24, 2.45) is 7.05 Å². The minimum absolute atomic E-state index is 0.0160. The van der Waals surface area contributed by atoms with Crippen LogP contribution in [0.1, 0.15) is 12.5 Å². The first-order valence-corrected chi connectivity index (χ1v) is 8.89. The van der Waals surface area contributed by atoms with Gasteiger partial charge in [-0.1, -0.05) is 29.3 Å². The molecule has 0 radical (unpaired) electrons. The van der Waals surface area contributed by atoms with Gasteiger partial charge >= 0.3 is 6.61 Å². The molecule has 1 atom stereocenters. The average molecular weight is 383 g/mol. The minimum Gasteiger partial charge on any atom is -0.616 e. The molecule has 0 bridgehead atoms. The highest BCUT2D eigenvalue weighted by Gasteiger charge is 2.21. The molecule has 23 heavy (non-hydrogen) atoms. The summed E-state index contributed by atoms with van der Waals surface area (Å²) in [5.41, 5.74) is 1.56. The lowest BCUT2D eigenvalue weighted by Gasteiger charge is -2.10. The van der Waals surface area contributed by atoms with E-state index in [4.69, 9.17) is 23.2 Å². The Labute approximate surface area is 145 Å². The first kappa shape index (κ1) is 18.3. The molecule has 4 nitrogen and oxygen atoms in total. The van der Waals surface area contributed by atoms with E-state index in [0.717, 1.165) is 4.68 Å². The molecular weight excluding hydrogens is 369 g/mol. The van der Waals surface area contributed by atoms with Crippen molar-refractivity contribution < 1.29 is 18.1 Å². The quantitative estimate of drug-likeness (QED) is 0.701. The van der Waals surface area contributed by atoms with E-state index in [2.05, 4.69) is 9.84 Å². The van der Waals surface area contributed by atoms with Crippen LogP contribution in [0.5, 0.6) is 5.88 Å². The van der Waals surface area contributed by atoms with Gasteiger partial charge in [0.15, 0.2) is 0 Å². The molecule has 0 saturated heterocycles. The summed E-state index contributed by atoms with van der Waals surface area (Å²) in [5.74, 6) is 0.593. The zero-order valence-electron chi connectivity index (χ0n) is 12.4. The number of aryl methyl sites for hydroxylation is 1. The predicted molar refractivity (Wildman–Crippen MR) is 87.7 cm³/mol. The molecule has 0 aliphatic heterocycles. The van der Waals surface area contributed by atoms with E-state index in [9.17, 15) is 13.3 Å². The Morgan fingerprint density at radius 2 is 2.09 bits per heavy atom. The van der Waals surface area contributed by atoms with E-state index >= 15 is 0 Å². The van der Waals surface area contributed by atoms with Crippen molar-refractivity contribution >= 4 is 34.4 Å². The van der Waals surface area contributed by atoms with Crippen LogP contribution in [0.4, 0.5) is 8.78 Å². The second-order valence-corrected chi connectivity index (χ2v) is 7.18. The van der Waals surface area contributed by atoms with Gasteiger partial charge in [0.1, 0.15) is 22.2 Å². The summed E-state index contributed by atoms with van der Waals surface area (Å²) in [7, 11) is 1.45. The Morgan fingerprint density at radius 1 is 1.39 bits per heavy atom. The molecule has 1 aromatic heterocycles. The molecule has 0 fully saturated rings. The fourth-order valence-corrected chi connectivity index (χ4v) is 3.35. The van der Waals surface area contributed by atoms with Crippen LogP contribution in [-0.2, 0) is 24.0 Å². The molecule has 1 aromatic carbocycles. The molecule has 1 unspecified atom stereocenters. The van der Waals surface area contributed by atoms with Crippen LogP contribution in [0.2, 0.25) is 10.0 Å². The molecule has 0 N–H and O–H groups in total. The molecule has 0 amide bonds. The highest BCUT2D eigenvalue weighted by atomic mass is 35.5. The molecule has 0 saturated carbocycles. The third-order valence-electron chi connectivity index (χ3n) is 3.10. The van der Waals surface area contributed by atoms with Crippen LogP contribution in [0.3, 0.4) is 0 Å².